The average Bonchev–Trinajstić information content (AvgIpc) is 2.53. The minimum absolute atomic E-state index is 0.311. The molecule has 0 radical (unpaired) electrons. The number of hydrogen-bond donors (Lipinski definition) is 0. The minimum Gasteiger partial charge on any atom is -0.342 e. The zero-order valence-electron chi connectivity index (χ0n) is 18.5. The normalized spacial score (nSPS) is 23.3. The van der Waals surface area contributed by atoms with Gasteiger partial charge >= 0.3 is 0 Å². The highest BCUT2D eigenvalue weighted by Gasteiger charge is 2.40. The van der Waals surface area contributed by atoms with E-state index in [0.29, 0.717) is 28.7 Å². The van der Waals surface area contributed by atoms with Crippen molar-refractivity contribution in [3.63, 3.8) is 0 Å². The first-order valence-electron chi connectivity index (χ1n) is 10.6. The zero-order valence-corrected chi connectivity index (χ0v) is 18.5. The smallest absolute Gasteiger partial charge is 0.236 e. The molecule has 2 aliphatic rings. The van der Waals surface area contributed by atoms with Crippen LogP contribution in [-0.4, -0.2) is 73.0 Å². The number of rotatable bonds is 4. The molecular formula is C22H43N3O. The third-order valence-electron chi connectivity index (χ3n) is 7.03. The highest BCUT2D eigenvalue weighted by Crippen LogP contribution is 2.46. The largest absolute Gasteiger partial charge is 0.342 e. The van der Waals surface area contributed by atoms with E-state index in [9.17, 15) is 4.79 Å². The standard InChI is InChI=1S/C22H43N3O/c1-20(2,3)8-11-23-14-16-24(17-15-23)18-19(26)25-12-9-22(7,10-13-25)21(4,5)6/h8-18H2,1-7H3. The summed E-state index contributed by atoms with van der Waals surface area (Å²) in [6, 6.07) is 0. The molecule has 4 heteroatoms. The van der Waals surface area contributed by atoms with Crippen LogP contribution in [0.1, 0.15) is 67.7 Å². The van der Waals surface area contributed by atoms with Crippen LogP contribution in [0.4, 0.5) is 0 Å². The molecular weight excluding hydrogens is 322 g/mol. The van der Waals surface area contributed by atoms with Crippen LogP contribution in [0, 0.1) is 16.2 Å². The van der Waals surface area contributed by atoms with E-state index in [0.717, 1.165) is 52.1 Å². The Morgan fingerprint density at radius 1 is 0.846 bits per heavy atom. The molecule has 2 rings (SSSR count). The Hall–Kier alpha value is -0.610. The lowest BCUT2D eigenvalue weighted by Gasteiger charge is -2.48. The lowest BCUT2D eigenvalue weighted by atomic mass is 9.63. The van der Waals surface area contributed by atoms with E-state index in [1.807, 2.05) is 0 Å². The van der Waals surface area contributed by atoms with E-state index in [1.54, 1.807) is 0 Å². The summed E-state index contributed by atoms with van der Waals surface area (Å²) in [7, 11) is 0. The van der Waals surface area contributed by atoms with Crippen molar-refractivity contribution in [3.8, 4) is 0 Å². The third kappa shape index (κ3) is 5.95. The maximum Gasteiger partial charge on any atom is 0.236 e. The van der Waals surface area contributed by atoms with Gasteiger partial charge in [0.1, 0.15) is 0 Å². The van der Waals surface area contributed by atoms with Crippen LogP contribution < -0.4 is 0 Å². The second-order valence-electron chi connectivity index (χ2n) is 11.1. The number of hydrogen-bond acceptors (Lipinski definition) is 3. The number of amides is 1. The maximum absolute atomic E-state index is 12.7. The number of piperazine rings is 1. The lowest BCUT2D eigenvalue weighted by Crippen LogP contribution is -2.52. The number of piperidine rings is 1. The first-order valence-corrected chi connectivity index (χ1v) is 10.6. The molecule has 2 fully saturated rings. The van der Waals surface area contributed by atoms with Crippen LogP contribution in [0.25, 0.3) is 0 Å². The molecule has 0 saturated carbocycles. The Morgan fingerprint density at radius 3 is 1.81 bits per heavy atom. The molecule has 0 spiro atoms. The van der Waals surface area contributed by atoms with Gasteiger partial charge < -0.3 is 9.80 Å². The Balaban J connectivity index is 1.72. The summed E-state index contributed by atoms with van der Waals surface area (Å²) in [5.41, 5.74) is 1.07. The fourth-order valence-electron chi connectivity index (χ4n) is 3.96. The molecule has 2 heterocycles. The summed E-state index contributed by atoms with van der Waals surface area (Å²) in [6.07, 6.45) is 3.50. The minimum atomic E-state index is 0.311. The number of carbonyl (C=O) groups is 1. The van der Waals surface area contributed by atoms with Gasteiger partial charge in [-0.25, -0.2) is 0 Å². The summed E-state index contributed by atoms with van der Waals surface area (Å²) in [5, 5.41) is 0. The van der Waals surface area contributed by atoms with Gasteiger partial charge in [-0.3, -0.25) is 9.69 Å². The van der Waals surface area contributed by atoms with Crippen molar-refractivity contribution in [1.82, 2.24) is 14.7 Å². The van der Waals surface area contributed by atoms with Gasteiger partial charge in [0.05, 0.1) is 6.54 Å². The van der Waals surface area contributed by atoms with E-state index in [1.165, 1.54) is 13.0 Å². The highest BCUT2D eigenvalue weighted by molar-refractivity contribution is 5.78. The first kappa shape index (κ1) is 21.7. The van der Waals surface area contributed by atoms with Crippen molar-refractivity contribution < 1.29 is 4.79 Å². The third-order valence-corrected chi connectivity index (χ3v) is 7.03. The molecule has 4 nitrogen and oxygen atoms in total. The number of carbonyl (C=O) groups excluding carboxylic acids is 1. The lowest BCUT2D eigenvalue weighted by molar-refractivity contribution is -0.136. The topological polar surface area (TPSA) is 26.8 Å². The van der Waals surface area contributed by atoms with Crippen LogP contribution in [0.3, 0.4) is 0 Å². The van der Waals surface area contributed by atoms with Gasteiger partial charge in [0.2, 0.25) is 5.91 Å². The molecule has 0 unspecified atom stereocenters. The second kappa shape index (κ2) is 8.18. The van der Waals surface area contributed by atoms with Gasteiger partial charge in [-0.05, 0) is 42.1 Å². The molecule has 152 valence electrons. The predicted octanol–water partition coefficient (Wildman–Crippen LogP) is 3.72. The SMILES string of the molecule is CC(C)(C)CCN1CCN(CC(=O)N2CCC(C)(C(C)(C)C)CC2)CC1. The second-order valence-corrected chi connectivity index (χ2v) is 11.1. The van der Waals surface area contributed by atoms with Crippen LogP contribution in [0.15, 0.2) is 0 Å². The van der Waals surface area contributed by atoms with Gasteiger partial charge in [0.25, 0.3) is 0 Å². The molecule has 0 aliphatic carbocycles. The number of likely N-dealkylation sites (tertiary alicyclic amines) is 1. The van der Waals surface area contributed by atoms with Gasteiger partial charge in [-0.1, -0.05) is 48.5 Å². The van der Waals surface area contributed by atoms with E-state index in [4.69, 9.17) is 0 Å². The molecule has 2 saturated heterocycles. The monoisotopic (exact) mass is 365 g/mol. The average molecular weight is 366 g/mol. The maximum atomic E-state index is 12.7. The summed E-state index contributed by atoms with van der Waals surface area (Å²) < 4.78 is 0. The molecule has 0 aromatic heterocycles. The zero-order chi connectivity index (χ0) is 19.6. The van der Waals surface area contributed by atoms with Crippen molar-refractivity contribution in [3.05, 3.63) is 0 Å². The Labute approximate surface area is 162 Å². The first-order chi connectivity index (χ1) is 11.9. The van der Waals surface area contributed by atoms with Crippen LogP contribution in [0.2, 0.25) is 0 Å². The van der Waals surface area contributed by atoms with Gasteiger partial charge in [0.15, 0.2) is 0 Å². The van der Waals surface area contributed by atoms with Gasteiger partial charge in [-0.2, -0.15) is 0 Å². The summed E-state index contributed by atoms with van der Waals surface area (Å²) >= 11 is 0. The van der Waals surface area contributed by atoms with E-state index < -0.39 is 0 Å². The quantitative estimate of drug-likeness (QED) is 0.760. The van der Waals surface area contributed by atoms with Crippen molar-refractivity contribution in [2.45, 2.75) is 67.7 Å². The summed E-state index contributed by atoms with van der Waals surface area (Å²) in [5.74, 6) is 0.337. The summed E-state index contributed by atoms with van der Waals surface area (Å²) in [6.45, 7) is 24.3. The highest BCUT2D eigenvalue weighted by atomic mass is 16.2. The predicted molar refractivity (Wildman–Crippen MR) is 110 cm³/mol. The van der Waals surface area contributed by atoms with Crippen molar-refractivity contribution >= 4 is 5.91 Å². The molecule has 0 bridgehead atoms. The van der Waals surface area contributed by atoms with Crippen molar-refractivity contribution in [2.24, 2.45) is 16.2 Å². The van der Waals surface area contributed by atoms with Crippen molar-refractivity contribution in [1.29, 1.82) is 0 Å². The summed E-state index contributed by atoms with van der Waals surface area (Å²) in [4.78, 5) is 19.8. The fourth-order valence-corrected chi connectivity index (χ4v) is 3.96. The molecule has 0 aromatic carbocycles. The van der Waals surface area contributed by atoms with Crippen LogP contribution in [0.5, 0.6) is 0 Å². The fraction of sp³-hybridized carbons (Fsp3) is 0.955. The van der Waals surface area contributed by atoms with Gasteiger partial charge in [0, 0.05) is 39.3 Å². The Kier molecular flexibility index (Phi) is 6.82. The van der Waals surface area contributed by atoms with Crippen LogP contribution in [-0.2, 0) is 4.79 Å². The molecule has 0 atom stereocenters. The molecule has 2 aliphatic heterocycles. The van der Waals surface area contributed by atoms with E-state index >= 15 is 0 Å². The number of nitrogens with zero attached hydrogens (tertiary/aromatic N) is 3. The molecule has 26 heavy (non-hydrogen) atoms. The van der Waals surface area contributed by atoms with Crippen LogP contribution >= 0.6 is 0 Å². The molecule has 0 aromatic rings. The molecule has 1 amide bonds. The van der Waals surface area contributed by atoms with Gasteiger partial charge in [-0.15, -0.1) is 0 Å². The Bertz CT molecular complexity index is 459. The van der Waals surface area contributed by atoms with Crippen molar-refractivity contribution in [2.75, 3.05) is 52.4 Å². The Morgan fingerprint density at radius 2 is 1.35 bits per heavy atom. The van der Waals surface area contributed by atoms with E-state index in [-0.39, 0.29) is 0 Å². The van der Waals surface area contributed by atoms with E-state index in [2.05, 4.69) is 63.2 Å². The molecule has 0 N–H and O–H groups in total.